The van der Waals surface area contributed by atoms with Crippen LogP contribution in [0.3, 0.4) is 0 Å². The number of amides is 2. The molecule has 3 heteroatoms. The van der Waals surface area contributed by atoms with Gasteiger partial charge in [0.05, 0.1) is 0 Å². The van der Waals surface area contributed by atoms with Gasteiger partial charge in [0.2, 0.25) is 0 Å². The first-order valence-electron chi connectivity index (χ1n) is 6.91. The Labute approximate surface area is 109 Å². The summed E-state index contributed by atoms with van der Waals surface area (Å²) in [5.74, 6) is 0. The summed E-state index contributed by atoms with van der Waals surface area (Å²) in [5, 5.41) is 3.00. The largest absolute Gasteiger partial charge is 0.338 e. The first-order valence-corrected chi connectivity index (χ1v) is 6.91. The molecule has 1 aromatic rings. The third kappa shape index (κ3) is 3.25. The number of hydrogen-bond donors (Lipinski definition) is 1. The molecule has 0 radical (unpaired) electrons. The topological polar surface area (TPSA) is 32.3 Å². The lowest BCUT2D eigenvalue weighted by Gasteiger charge is -2.21. The van der Waals surface area contributed by atoms with Crippen LogP contribution >= 0.6 is 0 Å². The standard InChI is InChI=1S/C15H22N2O/c1-2-3-10-16-15(18)17-11-6-9-13-7-4-5-8-14(13)12-17/h4-5,7-8H,2-3,6,9-12H2,1H3,(H,16,18). The number of hydrogen-bond acceptors (Lipinski definition) is 1. The Morgan fingerprint density at radius 2 is 2.11 bits per heavy atom. The first kappa shape index (κ1) is 12.9. The van der Waals surface area contributed by atoms with Gasteiger partial charge >= 0.3 is 6.03 Å². The number of nitrogens with one attached hydrogen (secondary N) is 1. The normalized spacial score (nSPS) is 14.8. The molecule has 2 amide bonds. The second-order valence-corrected chi connectivity index (χ2v) is 4.88. The first-order chi connectivity index (χ1) is 8.81. The maximum atomic E-state index is 12.1. The van der Waals surface area contributed by atoms with E-state index in [1.807, 2.05) is 4.90 Å². The van der Waals surface area contributed by atoms with Gasteiger partial charge in [-0.3, -0.25) is 0 Å². The van der Waals surface area contributed by atoms with E-state index in [0.717, 1.165) is 45.3 Å². The quantitative estimate of drug-likeness (QED) is 0.817. The van der Waals surface area contributed by atoms with Crippen LogP contribution in [0, 0.1) is 0 Å². The Morgan fingerprint density at radius 3 is 2.89 bits per heavy atom. The number of benzene rings is 1. The second-order valence-electron chi connectivity index (χ2n) is 4.88. The number of unbranched alkanes of at least 4 members (excludes halogenated alkanes) is 1. The van der Waals surface area contributed by atoms with Crippen LogP contribution in [0.15, 0.2) is 24.3 Å². The van der Waals surface area contributed by atoms with Gasteiger partial charge in [0.1, 0.15) is 0 Å². The molecule has 1 aliphatic heterocycles. The molecule has 1 N–H and O–H groups in total. The second kappa shape index (κ2) is 6.43. The van der Waals surface area contributed by atoms with Gasteiger partial charge in [-0.2, -0.15) is 0 Å². The number of carbonyl (C=O) groups excluding carboxylic acids is 1. The summed E-state index contributed by atoms with van der Waals surface area (Å²) in [6.07, 6.45) is 4.30. The lowest BCUT2D eigenvalue weighted by atomic mass is 10.0. The summed E-state index contributed by atoms with van der Waals surface area (Å²) < 4.78 is 0. The minimum Gasteiger partial charge on any atom is -0.338 e. The highest BCUT2D eigenvalue weighted by molar-refractivity contribution is 5.74. The van der Waals surface area contributed by atoms with E-state index < -0.39 is 0 Å². The highest BCUT2D eigenvalue weighted by atomic mass is 16.2. The van der Waals surface area contributed by atoms with E-state index in [2.05, 4.69) is 36.5 Å². The fourth-order valence-corrected chi connectivity index (χ4v) is 2.36. The van der Waals surface area contributed by atoms with Crippen molar-refractivity contribution in [3.63, 3.8) is 0 Å². The van der Waals surface area contributed by atoms with Crippen LogP contribution in [0.2, 0.25) is 0 Å². The van der Waals surface area contributed by atoms with E-state index in [1.54, 1.807) is 0 Å². The summed E-state index contributed by atoms with van der Waals surface area (Å²) in [4.78, 5) is 14.0. The number of aryl methyl sites for hydroxylation is 1. The van der Waals surface area contributed by atoms with E-state index >= 15 is 0 Å². The minimum absolute atomic E-state index is 0.0835. The Morgan fingerprint density at radius 1 is 1.33 bits per heavy atom. The van der Waals surface area contributed by atoms with Gasteiger partial charge in [-0.05, 0) is 30.4 Å². The van der Waals surface area contributed by atoms with Gasteiger partial charge < -0.3 is 10.2 Å². The minimum atomic E-state index is 0.0835. The maximum Gasteiger partial charge on any atom is 0.317 e. The predicted octanol–water partition coefficient (Wildman–Crippen LogP) is 2.94. The van der Waals surface area contributed by atoms with Crippen LogP contribution in [-0.2, 0) is 13.0 Å². The van der Waals surface area contributed by atoms with E-state index in [0.29, 0.717) is 0 Å². The summed E-state index contributed by atoms with van der Waals surface area (Å²) in [5.41, 5.74) is 2.68. The molecule has 1 heterocycles. The molecule has 0 saturated heterocycles. The van der Waals surface area contributed by atoms with Gasteiger partial charge in [0.15, 0.2) is 0 Å². The van der Waals surface area contributed by atoms with Gasteiger partial charge in [-0.25, -0.2) is 4.79 Å². The summed E-state index contributed by atoms with van der Waals surface area (Å²) in [7, 11) is 0. The summed E-state index contributed by atoms with van der Waals surface area (Å²) >= 11 is 0. The van der Waals surface area contributed by atoms with Crippen molar-refractivity contribution in [2.75, 3.05) is 13.1 Å². The smallest absolute Gasteiger partial charge is 0.317 e. The van der Waals surface area contributed by atoms with Gasteiger partial charge in [-0.1, -0.05) is 37.6 Å². The number of rotatable bonds is 3. The molecule has 0 saturated carbocycles. The lowest BCUT2D eigenvalue weighted by molar-refractivity contribution is 0.196. The summed E-state index contributed by atoms with van der Waals surface area (Å²) in [6.45, 7) is 4.52. The zero-order valence-electron chi connectivity index (χ0n) is 11.1. The highest BCUT2D eigenvalue weighted by Gasteiger charge is 2.17. The van der Waals surface area contributed by atoms with Crippen LogP contribution in [-0.4, -0.2) is 24.0 Å². The molecule has 18 heavy (non-hydrogen) atoms. The number of nitrogens with zero attached hydrogens (tertiary/aromatic N) is 1. The van der Waals surface area contributed by atoms with Crippen molar-refractivity contribution < 1.29 is 4.79 Å². The monoisotopic (exact) mass is 246 g/mol. The molecule has 0 fully saturated rings. The Kier molecular flexibility index (Phi) is 4.62. The maximum absolute atomic E-state index is 12.1. The van der Waals surface area contributed by atoms with Crippen molar-refractivity contribution in [1.82, 2.24) is 10.2 Å². The SMILES string of the molecule is CCCCNC(=O)N1CCCc2ccccc2C1. The van der Waals surface area contributed by atoms with Gasteiger partial charge in [-0.15, -0.1) is 0 Å². The van der Waals surface area contributed by atoms with Gasteiger partial charge in [0, 0.05) is 19.6 Å². The molecule has 0 bridgehead atoms. The third-order valence-electron chi connectivity index (χ3n) is 3.45. The molecule has 0 unspecified atom stereocenters. The van der Waals surface area contributed by atoms with E-state index in [4.69, 9.17) is 0 Å². The lowest BCUT2D eigenvalue weighted by Crippen LogP contribution is -2.40. The van der Waals surface area contributed by atoms with Crippen LogP contribution < -0.4 is 5.32 Å². The Bertz CT molecular complexity index is 403. The third-order valence-corrected chi connectivity index (χ3v) is 3.45. The number of urea groups is 1. The van der Waals surface area contributed by atoms with Crippen LogP contribution in [0.25, 0.3) is 0 Å². The fraction of sp³-hybridized carbons (Fsp3) is 0.533. The zero-order chi connectivity index (χ0) is 12.8. The van der Waals surface area contributed by atoms with Crippen molar-refractivity contribution in [2.24, 2.45) is 0 Å². The Hall–Kier alpha value is -1.51. The molecule has 0 atom stereocenters. The van der Waals surface area contributed by atoms with Crippen molar-refractivity contribution in [3.8, 4) is 0 Å². The van der Waals surface area contributed by atoms with Crippen LogP contribution in [0.4, 0.5) is 4.79 Å². The molecular formula is C15H22N2O. The number of carbonyl (C=O) groups is 1. The molecule has 3 nitrogen and oxygen atoms in total. The van der Waals surface area contributed by atoms with Crippen LogP contribution in [0.1, 0.15) is 37.3 Å². The average molecular weight is 246 g/mol. The Balaban J connectivity index is 1.97. The molecule has 2 rings (SSSR count). The van der Waals surface area contributed by atoms with Crippen molar-refractivity contribution in [1.29, 1.82) is 0 Å². The van der Waals surface area contributed by atoms with Crippen LogP contribution in [0.5, 0.6) is 0 Å². The molecule has 1 aliphatic rings. The molecule has 0 spiro atoms. The summed E-state index contributed by atoms with van der Waals surface area (Å²) in [6, 6.07) is 8.52. The van der Waals surface area contributed by atoms with E-state index in [-0.39, 0.29) is 6.03 Å². The van der Waals surface area contributed by atoms with E-state index in [1.165, 1.54) is 11.1 Å². The van der Waals surface area contributed by atoms with Crippen molar-refractivity contribution in [2.45, 2.75) is 39.2 Å². The molecular weight excluding hydrogens is 224 g/mol. The number of fused-ring (bicyclic) bond motifs is 1. The molecule has 98 valence electrons. The highest BCUT2D eigenvalue weighted by Crippen LogP contribution is 2.18. The molecule has 0 aromatic heterocycles. The fourth-order valence-electron chi connectivity index (χ4n) is 2.36. The predicted molar refractivity (Wildman–Crippen MR) is 73.5 cm³/mol. The molecule has 1 aromatic carbocycles. The molecule has 0 aliphatic carbocycles. The average Bonchev–Trinajstić information content (AvgIpc) is 2.61. The van der Waals surface area contributed by atoms with Crippen molar-refractivity contribution >= 4 is 6.03 Å². The van der Waals surface area contributed by atoms with E-state index in [9.17, 15) is 4.79 Å². The zero-order valence-corrected chi connectivity index (χ0v) is 11.1. The van der Waals surface area contributed by atoms with Gasteiger partial charge in [0.25, 0.3) is 0 Å². The van der Waals surface area contributed by atoms with Crippen molar-refractivity contribution in [3.05, 3.63) is 35.4 Å².